The van der Waals surface area contributed by atoms with Crippen LogP contribution in [0.2, 0.25) is 0 Å². The number of nitrogen functional groups attached to an aromatic ring is 1. The first-order chi connectivity index (χ1) is 7.42. The molecule has 0 aromatic heterocycles. The molecule has 4 nitrogen and oxygen atoms in total. The van der Waals surface area contributed by atoms with Gasteiger partial charge >= 0.3 is 0 Å². The van der Waals surface area contributed by atoms with Crippen LogP contribution >= 0.6 is 0 Å². The lowest BCUT2D eigenvalue weighted by molar-refractivity contribution is 0.0554. The Morgan fingerprint density at radius 2 is 2.06 bits per heavy atom. The number of aliphatic hydroxyl groups is 1. The highest BCUT2D eigenvalue weighted by Gasteiger charge is 2.12. The van der Waals surface area contributed by atoms with Gasteiger partial charge in [-0.2, -0.15) is 0 Å². The number of ether oxygens (including phenoxy) is 2. The maximum atomic E-state index is 9.53. The third-order valence-corrected chi connectivity index (χ3v) is 2.19. The molecule has 0 atom stereocenters. The summed E-state index contributed by atoms with van der Waals surface area (Å²) in [5, 5.41) is 9.53. The highest BCUT2D eigenvalue weighted by Crippen LogP contribution is 2.27. The smallest absolute Gasteiger partial charge is 0.145 e. The van der Waals surface area contributed by atoms with Crippen LogP contribution in [0.5, 0.6) is 11.5 Å². The molecule has 0 fully saturated rings. The summed E-state index contributed by atoms with van der Waals surface area (Å²) in [6.45, 7) is 3.90. The van der Waals surface area contributed by atoms with Crippen molar-refractivity contribution >= 4 is 5.69 Å². The molecule has 0 aliphatic carbocycles. The van der Waals surface area contributed by atoms with Gasteiger partial charge in [-0.25, -0.2) is 0 Å². The fraction of sp³-hybridized carbons (Fsp3) is 0.500. The molecule has 0 amide bonds. The van der Waals surface area contributed by atoms with Crippen LogP contribution in [-0.2, 0) is 0 Å². The molecule has 90 valence electrons. The maximum Gasteiger partial charge on any atom is 0.145 e. The first-order valence-corrected chi connectivity index (χ1v) is 5.21. The maximum absolute atomic E-state index is 9.53. The summed E-state index contributed by atoms with van der Waals surface area (Å²) >= 11 is 0. The molecule has 1 aromatic rings. The van der Waals surface area contributed by atoms with Gasteiger partial charge in [-0.05, 0) is 26.0 Å². The Kier molecular flexibility index (Phi) is 4.01. The Morgan fingerprint density at radius 1 is 1.38 bits per heavy atom. The number of methoxy groups -OCH3 is 1. The number of benzene rings is 1. The molecule has 0 heterocycles. The Hall–Kier alpha value is -1.42. The molecular formula is C12H19NO3. The number of hydrogen-bond acceptors (Lipinski definition) is 4. The Balaban J connectivity index is 2.59. The van der Waals surface area contributed by atoms with Gasteiger partial charge in [0.15, 0.2) is 0 Å². The normalized spacial score (nSPS) is 11.2. The minimum atomic E-state index is -0.729. The van der Waals surface area contributed by atoms with Gasteiger partial charge in [-0.15, -0.1) is 0 Å². The number of nitrogens with two attached hydrogens (primary N) is 1. The summed E-state index contributed by atoms with van der Waals surface area (Å²) in [6.07, 6.45) is 0.545. The average Bonchev–Trinajstić information content (AvgIpc) is 2.19. The fourth-order valence-corrected chi connectivity index (χ4v) is 1.18. The quantitative estimate of drug-likeness (QED) is 0.750. The summed E-state index contributed by atoms with van der Waals surface area (Å²) in [4.78, 5) is 0. The minimum absolute atomic E-state index is 0.418. The molecule has 0 radical (unpaired) electrons. The van der Waals surface area contributed by atoms with Gasteiger partial charge in [0.1, 0.15) is 11.5 Å². The zero-order valence-corrected chi connectivity index (χ0v) is 9.99. The number of hydrogen-bond donors (Lipinski definition) is 2. The lowest BCUT2D eigenvalue weighted by Crippen LogP contribution is -2.21. The zero-order valence-electron chi connectivity index (χ0n) is 9.99. The van der Waals surface area contributed by atoms with Crippen molar-refractivity contribution in [3.05, 3.63) is 18.2 Å². The van der Waals surface area contributed by atoms with E-state index in [1.54, 1.807) is 39.2 Å². The molecule has 0 unspecified atom stereocenters. The van der Waals surface area contributed by atoms with Gasteiger partial charge in [-0.1, -0.05) is 0 Å². The van der Waals surface area contributed by atoms with Gasteiger partial charge in [0.05, 0.1) is 25.0 Å². The predicted octanol–water partition coefficient (Wildman–Crippen LogP) is 1.82. The molecule has 0 aliphatic heterocycles. The summed E-state index contributed by atoms with van der Waals surface area (Å²) in [5.41, 5.74) is 5.59. The largest absolute Gasteiger partial charge is 0.497 e. The summed E-state index contributed by atoms with van der Waals surface area (Å²) < 4.78 is 10.6. The standard InChI is InChI=1S/C12H19NO3/c1-12(2,14)6-7-16-11-8-9(15-3)4-5-10(11)13/h4-5,8,14H,6-7,13H2,1-3H3. The Bertz CT molecular complexity index is 345. The molecular weight excluding hydrogens is 206 g/mol. The highest BCUT2D eigenvalue weighted by atomic mass is 16.5. The minimum Gasteiger partial charge on any atom is -0.497 e. The Labute approximate surface area is 96.0 Å². The lowest BCUT2D eigenvalue weighted by Gasteiger charge is -2.17. The van der Waals surface area contributed by atoms with Crippen LogP contribution in [0.3, 0.4) is 0 Å². The van der Waals surface area contributed by atoms with Gasteiger partial charge in [0, 0.05) is 12.5 Å². The van der Waals surface area contributed by atoms with Crippen LogP contribution in [0.1, 0.15) is 20.3 Å². The molecule has 16 heavy (non-hydrogen) atoms. The summed E-state index contributed by atoms with van der Waals surface area (Å²) in [5.74, 6) is 1.29. The van der Waals surface area contributed by atoms with Gasteiger partial charge in [0.2, 0.25) is 0 Å². The molecule has 0 saturated heterocycles. The van der Waals surface area contributed by atoms with E-state index >= 15 is 0 Å². The van der Waals surface area contributed by atoms with Crippen LogP contribution in [0, 0.1) is 0 Å². The van der Waals surface area contributed by atoms with Crippen molar-refractivity contribution in [2.75, 3.05) is 19.5 Å². The molecule has 0 spiro atoms. The van der Waals surface area contributed by atoms with Crippen LogP contribution in [-0.4, -0.2) is 24.4 Å². The van der Waals surface area contributed by atoms with E-state index in [1.807, 2.05) is 0 Å². The predicted molar refractivity (Wildman–Crippen MR) is 63.8 cm³/mol. The van der Waals surface area contributed by atoms with E-state index in [4.69, 9.17) is 15.2 Å². The fourth-order valence-electron chi connectivity index (χ4n) is 1.18. The lowest BCUT2D eigenvalue weighted by atomic mass is 10.1. The van der Waals surface area contributed by atoms with Crippen LogP contribution in [0.4, 0.5) is 5.69 Å². The van der Waals surface area contributed by atoms with E-state index in [2.05, 4.69) is 0 Å². The van der Waals surface area contributed by atoms with E-state index in [9.17, 15) is 5.11 Å². The second-order valence-electron chi connectivity index (χ2n) is 4.31. The molecule has 0 bridgehead atoms. The topological polar surface area (TPSA) is 64.7 Å². The summed E-state index contributed by atoms with van der Waals surface area (Å²) in [7, 11) is 1.59. The second-order valence-corrected chi connectivity index (χ2v) is 4.31. The average molecular weight is 225 g/mol. The third-order valence-electron chi connectivity index (χ3n) is 2.19. The van der Waals surface area contributed by atoms with Crippen molar-refractivity contribution in [2.45, 2.75) is 25.9 Å². The number of rotatable bonds is 5. The van der Waals surface area contributed by atoms with Crippen molar-refractivity contribution in [3.63, 3.8) is 0 Å². The SMILES string of the molecule is COc1ccc(N)c(OCCC(C)(C)O)c1. The molecule has 0 saturated carbocycles. The first kappa shape index (κ1) is 12.6. The van der Waals surface area contributed by atoms with Gasteiger partial charge in [0.25, 0.3) is 0 Å². The van der Waals surface area contributed by atoms with Crippen molar-refractivity contribution in [3.8, 4) is 11.5 Å². The zero-order chi connectivity index (χ0) is 12.2. The van der Waals surface area contributed by atoms with Crippen LogP contribution < -0.4 is 15.2 Å². The van der Waals surface area contributed by atoms with Crippen molar-refractivity contribution in [1.82, 2.24) is 0 Å². The van der Waals surface area contributed by atoms with Gasteiger partial charge in [-0.3, -0.25) is 0 Å². The molecule has 1 aromatic carbocycles. The first-order valence-electron chi connectivity index (χ1n) is 5.21. The third kappa shape index (κ3) is 3.98. The van der Waals surface area contributed by atoms with E-state index < -0.39 is 5.60 Å². The summed E-state index contributed by atoms with van der Waals surface area (Å²) in [6, 6.07) is 5.25. The molecule has 0 aliphatic rings. The molecule has 1 rings (SSSR count). The second kappa shape index (κ2) is 5.07. The molecule has 3 N–H and O–H groups in total. The van der Waals surface area contributed by atoms with Crippen LogP contribution in [0.15, 0.2) is 18.2 Å². The van der Waals surface area contributed by atoms with Gasteiger partial charge < -0.3 is 20.3 Å². The van der Waals surface area contributed by atoms with Crippen molar-refractivity contribution in [1.29, 1.82) is 0 Å². The highest BCUT2D eigenvalue weighted by molar-refractivity contribution is 5.55. The van der Waals surface area contributed by atoms with E-state index in [0.29, 0.717) is 30.2 Å². The molecule has 4 heteroatoms. The van der Waals surface area contributed by atoms with E-state index in [0.717, 1.165) is 0 Å². The van der Waals surface area contributed by atoms with Crippen LogP contribution in [0.25, 0.3) is 0 Å². The Morgan fingerprint density at radius 3 is 2.62 bits per heavy atom. The van der Waals surface area contributed by atoms with E-state index in [1.165, 1.54) is 0 Å². The van der Waals surface area contributed by atoms with Crippen molar-refractivity contribution < 1.29 is 14.6 Å². The monoisotopic (exact) mass is 225 g/mol. The number of anilines is 1. The van der Waals surface area contributed by atoms with Crippen molar-refractivity contribution in [2.24, 2.45) is 0 Å². The van der Waals surface area contributed by atoms with E-state index in [-0.39, 0.29) is 0 Å².